The maximum Gasteiger partial charge on any atom is 0.249 e. The van der Waals surface area contributed by atoms with Gasteiger partial charge in [-0.05, 0) is 50.1 Å². The Morgan fingerprint density at radius 3 is 2.36 bits per heavy atom. The number of benzene rings is 2. The molecule has 0 bridgehead atoms. The van der Waals surface area contributed by atoms with E-state index in [0.717, 1.165) is 24.2 Å². The third-order valence-corrected chi connectivity index (χ3v) is 3.52. The van der Waals surface area contributed by atoms with Crippen LogP contribution in [0.25, 0.3) is 0 Å². The van der Waals surface area contributed by atoms with Gasteiger partial charge in [0.1, 0.15) is 5.54 Å². The van der Waals surface area contributed by atoms with Crippen molar-refractivity contribution >= 4 is 17.3 Å². The topological polar surface area (TPSA) is 41.1 Å². The first-order valence-electron chi connectivity index (χ1n) is 7.75. The SMILES string of the molecule is CCCc1cccc(NC(=O)C(C)(C)Nc2ccccc2)c1. The van der Waals surface area contributed by atoms with Gasteiger partial charge < -0.3 is 10.6 Å². The van der Waals surface area contributed by atoms with Crippen molar-refractivity contribution in [2.24, 2.45) is 0 Å². The Hall–Kier alpha value is -2.29. The highest BCUT2D eigenvalue weighted by Crippen LogP contribution is 2.18. The number of amides is 1. The molecule has 0 saturated heterocycles. The largest absolute Gasteiger partial charge is 0.372 e. The number of carbonyl (C=O) groups excluding carboxylic acids is 1. The highest BCUT2D eigenvalue weighted by Gasteiger charge is 2.27. The van der Waals surface area contributed by atoms with E-state index >= 15 is 0 Å². The van der Waals surface area contributed by atoms with Crippen LogP contribution >= 0.6 is 0 Å². The molecule has 2 N–H and O–H groups in total. The summed E-state index contributed by atoms with van der Waals surface area (Å²) >= 11 is 0. The normalized spacial score (nSPS) is 11.0. The molecule has 3 heteroatoms. The van der Waals surface area contributed by atoms with Gasteiger partial charge in [-0.2, -0.15) is 0 Å². The van der Waals surface area contributed by atoms with Crippen molar-refractivity contribution in [3.8, 4) is 0 Å². The van der Waals surface area contributed by atoms with Crippen LogP contribution in [0.2, 0.25) is 0 Å². The monoisotopic (exact) mass is 296 g/mol. The molecule has 0 unspecified atom stereocenters. The summed E-state index contributed by atoms with van der Waals surface area (Å²) in [6.45, 7) is 5.91. The molecule has 0 radical (unpaired) electrons. The summed E-state index contributed by atoms with van der Waals surface area (Å²) in [5, 5.41) is 6.27. The van der Waals surface area contributed by atoms with E-state index in [4.69, 9.17) is 0 Å². The quantitative estimate of drug-likeness (QED) is 0.826. The maximum absolute atomic E-state index is 12.5. The fourth-order valence-electron chi connectivity index (χ4n) is 2.32. The van der Waals surface area contributed by atoms with Crippen LogP contribution in [-0.4, -0.2) is 11.4 Å². The molecule has 2 aromatic carbocycles. The number of hydrogen-bond acceptors (Lipinski definition) is 2. The van der Waals surface area contributed by atoms with Crippen LogP contribution in [0.4, 0.5) is 11.4 Å². The van der Waals surface area contributed by atoms with Gasteiger partial charge in [-0.1, -0.05) is 43.7 Å². The smallest absolute Gasteiger partial charge is 0.249 e. The fraction of sp³-hybridized carbons (Fsp3) is 0.316. The van der Waals surface area contributed by atoms with Gasteiger partial charge in [-0.25, -0.2) is 0 Å². The van der Waals surface area contributed by atoms with Crippen molar-refractivity contribution in [3.63, 3.8) is 0 Å². The van der Waals surface area contributed by atoms with Crippen LogP contribution in [0.3, 0.4) is 0 Å². The van der Waals surface area contributed by atoms with Crippen LogP contribution in [0.5, 0.6) is 0 Å². The second kappa shape index (κ2) is 7.12. The van der Waals surface area contributed by atoms with E-state index in [-0.39, 0.29) is 5.91 Å². The summed E-state index contributed by atoms with van der Waals surface area (Å²) in [6.07, 6.45) is 2.12. The van der Waals surface area contributed by atoms with Crippen molar-refractivity contribution in [2.75, 3.05) is 10.6 Å². The van der Waals surface area contributed by atoms with Crippen molar-refractivity contribution < 1.29 is 4.79 Å². The highest BCUT2D eigenvalue weighted by atomic mass is 16.2. The maximum atomic E-state index is 12.5. The summed E-state index contributed by atoms with van der Waals surface area (Å²) in [7, 11) is 0. The molecular formula is C19H24N2O. The lowest BCUT2D eigenvalue weighted by atomic mass is 10.0. The molecule has 1 amide bonds. The van der Waals surface area contributed by atoms with E-state index in [1.54, 1.807) is 0 Å². The zero-order valence-electron chi connectivity index (χ0n) is 13.5. The predicted octanol–water partition coefficient (Wildman–Crippen LogP) is 4.47. The van der Waals surface area contributed by atoms with Crippen LogP contribution < -0.4 is 10.6 Å². The Morgan fingerprint density at radius 1 is 1.00 bits per heavy atom. The van der Waals surface area contributed by atoms with Crippen LogP contribution in [0.15, 0.2) is 54.6 Å². The molecule has 0 aliphatic carbocycles. The van der Waals surface area contributed by atoms with Crippen LogP contribution in [0.1, 0.15) is 32.8 Å². The third kappa shape index (κ3) is 4.35. The number of anilines is 2. The first kappa shape index (κ1) is 16.1. The van der Waals surface area contributed by atoms with E-state index < -0.39 is 5.54 Å². The molecule has 0 fully saturated rings. The average molecular weight is 296 g/mol. The molecule has 0 aromatic heterocycles. The lowest BCUT2D eigenvalue weighted by Gasteiger charge is -2.26. The Balaban J connectivity index is 2.05. The van der Waals surface area contributed by atoms with Gasteiger partial charge >= 0.3 is 0 Å². The van der Waals surface area contributed by atoms with E-state index in [1.165, 1.54) is 5.56 Å². The molecule has 3 nitrogen and oxygen atoms in total. The minimum atomic E-state index is -0.692. The molecule has 2 rings (SSSR count). The average Bonchev–Trinajstić information content (AvgIpc) is 2.48. The standard InChI is InChI=1S/C19H24N2O/c1-4-9-15-10-8-13-17(14-15)20-18(22)19(2,3)21-16-11-6-5-7-12-16/h5-8,10-14,21H,4,9H2,1-3H3,(H,20,22). The van der Waals surface area contributed by atoms with E-state index in [2.05, 4.69) is 23.6 Å². The first-order valence-corrected chi connectivity index (χ1v) is 7.75. The van der Waals surface area contributed by atoms with Crippen molar-refractivity contribution in [3.05, 3.63) is 60.2 Å². The minimum absolute atomic E-state index is 0.0509. The van der Waals surface area contributed by atoms with E-state index in [1.807, 2.05) is 62.4 Å². The van der Waals surface area contributed by atoms with Crippen molar-refractivity contribution in [1.29, 1.82) is 0 Å². The van der Waals surface area contributed by atoms with Gasteiger partial charge in [0, 0.05) is 11.4 Å². The zero-order valence-corrected chi connectivity index (χ0v) is 13.5. The van der Waals surface area contributed by atoms with E-state index in [9.17, 15) is 4.79 Å². The van der Waals surface area contributed by atoms with Crippen LogP contribution in [-0.2, 0) is 11.2 Å². The molecule has 116 valence electrons. The Bertz CT molecular complexity index is 620. The molecular weight excluding hydrogens is 272 g/mol. The minimum Gasteiger partial charge on any atom is -0.372 e. The van der Waals surface area contributed by atoms with Gasteiger partial charge in [0.15, 0.2) is 0 Å². The first-order chi connectivity index (χ1) is 10.5. The number of carbonyl (C=O) groups is 1. The third-order valence-electron chi connectivity index (χ3n) is 3.52. The summed E-state index contributed by atoms with van der Waals surface area (Å²) in [5.41, 5.74) is 2.33. The van der Waals surface area contributed by atoms with Gasteiger partial charge in [0.05, 0.1) is 0 Å². The Labute approximate surface area is 132 Å². The molecule has 0 spiro atoms. The predicted molar refractivity (Wildman–Crippen MR) is 93.2 cm³/mol. The van der Waals surface area contributed by atoms with Crippen molar-refractivity contribution in [2.45, 2.75) is 39.2 Å². The Kier molecular flexibility index (Phi) is 5.21. The van der Waals surface area contributed by atoms with Crippen LogP contribution in [0, 0.1) is 0 Å². The molecule has 0 saturated carbocycles. The van der Waals surface area contributed by atoms with Crippen molar-refractivity contribution in [1.82, 2.24) is 0 Å². The molecule has 22 heavy (non-hydrogen) atoms. The molecule has 0 aliphatic rings. The fourth-order valence-corrected chi connectivity index (χ4v) is 2.32. The van der Waals surface area contributed by atoms with Gasteiger partial charge in [0.2, 0.25) is 5.91 Å². The Morgan fingerprint density at radius 2 is 1.68 bits per heavy atom. The van der Waals surface area contributed by atoms with E-state index in [0.29, 0.717) is 0 Å². The van der Waals surface area contributed by atoms with Gasteiger partial charge in [-0.15, -0.1) is 0 Å². The molecule has 0 heterocycles. The molecule has 2 aromatic rings. The second-order valence-corrected chi connectivity index (χ2v) is 6.02. The summed E-state index contributed by atoms with van der Waals surface area (Å²) in [4.78, 5) is 12.5. The molecule has 0 aliphatic heterocycles. The summed E-state index contributed by atoms with van der Waals surface area (Å²) < 4.78 is 0. The highest BCUT2D eigenvalue weighted by molar-refractivity contribution is 5.99. The number of nitrogens with one attached hydrogen (secondary N) is 2. The number of rotatable bonds is 6. The zero-order chi connectivity index (χ0) is 16.0. The number of hydrogen-bond donors (Lipinski definition) is 2. The lowest BCUT2D eigenvalue weighted by Crippen LogP contribution is -2.44. The number of para-hydroxylation sites is 1. The summed E-state index contributed by atoms with van der Waals surface area (Å²) in [6, 6.07) is 17.8. The van der Waals surface area contributed by atoms with Gasteiger partial charge in [-0.3, -0.25) is 4.79 Å². The molecule has 0 atom stereocenters. The summed E-state index contributed by atoms with van der Waals surface area (Å²) in [5.74, 6) is -0.0509. The second-order valence-electron chi connectivity index (χ2n) is 6.02. The van der Waals surface area contributed by atoms with Gasteiger partial charge in [0.25, 0.3) is 0 Å². The lowest BCUT2D eigenvalue weighted by molar-refractivity contribution is -0.119. The number of aryl methyl sites for hydroxylation is 1.